The van der Waals surface area contributed by atoms with Gasteiger partial charge in [0.15, 0.2) is 5.69 Å². The van der Waals surface area contributed by atoms with Gasteiger partial charge in [-0.1, -0.05) is 6.92 Å². The van der Waals surface area contributed by atoms with Crippen LogP contribution in [0, 0.1) is 12.8 Å². The lowest BCUT2D eigenvalue weighted by molar-refractivity contribution is -0.141. The molecule has 3 aromatic heterocycles. The van der Waals surface area contributed by atoms with Gasteiger partial charge in [0, 0.05) is 18.5 Å². The minimum absolute atomic E-state index is 0.0565. The third-order valence-corrected chi connectivity index (χ3v) is 6.10. The Morgan fingerprint density at radius 2 is 2.03 bits per heavy atom. The smallest absolute Gasteiger partial charge is 0.434 e. The topological polar surface area (TPSA) is 114 Å². The van der Waals surface area contributed by atoms with E-state index in [0.29, 0.717) is 34.4 Å². The lowest BCUT2D eigenvalue weighted by atomic mass is 9.98. The fraction of sp³-hybridized carbons (Fsp3) is 0.381. The second-order valence-electron chi connectivity index (χ2n) is 7.85. The summed E-state index contributed by atoms with van der Waals surface area (Å²) in [5.41, 5.74) is 0.0563. The molecule has 0 unspecified atom stereocenters. The number of ether oxygens (including phenoxy) is 1. The summed E-state index contributed by atoms with van der Waals surface area (Å²) in [6, 6.07) is 3.38. The molecular formula is C21H22F3N7O2S. The highest BCUT2D eigenvalue weighted by Crippen LogP contribution is 2.30. The first-order chi connectivity index (χ1) is 16.2. The van der Waals surface area contributed by atoms with Crippen molar-refractivity contribution in [3.63, 3.8) is 0 Å². The summed E-state index contributed by atoms with van der Waals surface area (Å²) in [7, 11) is 0. The van der Waals surface area contributed by atoms with Crippen molar-refractivity contribution >= 4 is 33.9 Å². The summed E-state index contributed by atoms with van der Waals surface area (Å²) in [4.78, 5) is 24.3. The van der Waals surface area contributed by atoms with Crippen LogP contribution in [0.15, 0.2) is 30.7 Å². The van der Waals surface area contributed by atoms with Gasteiger partial charge in [0.1, 0.15) is 16.9 Å². The molecular weight excluding hydrogens is 471 g/mol. The van der Waals surface area contributed by atoms with E-state index in [-0.39, 0.29) is 17.5 Å². The molecule has 34 heavy (non-hydrogen) atoms. The average Bonchev–Trinajstić information content (AvgIpc) is 3.16. The first-order valence-electron chi connectivity index (χ1n) is 10.5. The number of pyridine rings is 1. The van der Waals surface area contributed by atoms with Gasteiger partial charge in [-0.15, -0.1) is 0 Å². The van der Waals surface area contributed by atoms with Gasteiger partial charge in [-0.2, -0.15) is 17.5 Å². The third-order valence-electron chi connectivity index (χ3n) is 5.25. The van der Waals surface area contributed by atoms with Crippen LogP contribution in [0.1, 0.15) is 35.1 Å². The number of nitrogens with one attached hydrogen (secondary N) is 3. The molecule has 180 valence electrons. The second kappa shape index (κ2) is 9.89. The lowest BCUT2D eigenvalue weighted by Gasteiger charge is -2.29. The van der Waals surface area contributed by atoms with Gasteiger partial charge in [-0.05, 0) is 37.5 Å². The molecule has 0 saturated carbocycles. The van der Waals surface area contributed by atoms with Gasteiger partial charge in [-0.3, -0.25) is 4.79 Å². The maximum Gasteiger partial charge on any atom is 0.434 e. The van der Waals surface area contributed by atoms with E-state index < -0.39 is 17.8 Å². The average molecular weight is 494 g/mol. The maximum atomic E-state index is 12.9. The molecule has 1 aliphatic rings. The Labute approximate surface area is 197 Å². The van der Waals surface area contributed by atoms with Crippen LogP contribution in [0.3, 0.4) is 0 Å². The predicted octanol–water partition coefficient (Wildman–Crippen LogP) is 4.03. The number of aryl methyl sites for hydroxylation is 1. The number of nitrogens with zero attached hydrogens (tertiary/aromatic N) is 4. The SMILES string of the molecule is Cc1nsc(Nc2cnc(C(F)(F)F)cn2)c1C(=O)Nc1ccc(O[C@H]2CCNC[C@H]2C)nc1. The molecule has 4 heterocycles. The summed E-state index contributed by atoms with van der Waals surface area (Å²) in [5, 5.41) is 9.21. The van der Waals surface area contributed by atoms with E-state index in [2.05, 4.69) is 42.2 Å². The van der Waals surface area contributed by atoms with E-state index in [1.165, 1.54) is 6.20 Å². The van der Waals surface area contributed by atoms with Gasteiger partial charge >= 0.3 is 6.18 Å². The molecule has 0 radical (unpaired) electrons. The summed E-state index contributed by atoms with van der Waals surface area (Å²) < 4.78 is 48.2. The van der Waals surface area contributed by atoms with E-state index in [1.54, 1.807) is 19.1 Å². The minimum Gasteiger partial charge on any atom is -0.474 e. The number of carbonyl (C=O) groups excluding carboxylic acids is 1. The highest BCUT2D eigenvalue weighted by atomic mass is 32.1. The van der Waals surface area contributed by atoms with Crippen molar-refractivity contribution in [2.24, 2.45) is 5.92 Å². The van der Waals surface area contributed by atoms with Crippen molar-refractivity contribution in [1.29, 1.82) is 0 Å². The zero-order valence-electron chi connectivity index (χ0n) is 18.3. The van der Waals surface area contributed by atoms with Gasteiger partial charge in [0.25, 0.3) is 5.91 Å². The number of anilines is 3. The summed E-state index contributed by atoms with van der Waals surface area (Å²) in [5.74, 6) is 0.453. The molecule has 3 aromatic rings. The highest BCUT2D eigenvalue weighted by Gasteiger charge is 2.33. The Morgan fingerprint density at radius 3 is 2.68 bits per heavy atom. The number of alkyl halides is 3. The lowest BCUT2D eigenvalue weighted by Crippen LogP contribution is -2.41. The summed E-state index contributed by atoms with van der Waals surface area (Å²) in [6.07, 6.45) is -0.539. The molecule has 0 aliphatic carbocycles. The number of halogens is 3. The Bertz CT molecular complexity index is 1140. The van der Waals surface area contributed by atoms with E-state index in [9.17, 15) is 18.0 Å². The van der Waals surface area contributed by atoms with Crippen molar-refractivity contribution in [3.8, 4) is 5.88 Å². The van der Waals surface area contributed by atoms with Gasteiger partial charge in [0.2, 0.25) is 5.88 Å². The van der Waals surface area contributed by atoms with Crippen LogP contribution in [-0.4, -0.2) is 44.4 Å². The quantitative estimate of drug-likeness (QED) is 0.472. The van der Waals surface area contributed by atoms with Crippen LogP contribution in [0.2, 0.25) is 0 Å². The van der Waals surface area contributed by atoms with E-state index in [4.69, 9.17) is 4.74 Å². The number of carbonyl (C=O) groups is 1. The zero-order chi connectivity index (χ0) is 24.3. The largest absolute Gasteiger partial charge is 0.474 e. The standard InChI is InChI=1S/C21H22F3N7O2S/c1-11-7-25-6-5-14(11)33-17-4-3-13(8-28-17)29-19(32)18-12(2)31-34-20(18)30-16-10-26-15(9-27-16)21(22,23)24/h3-4,8-11,14,25H,5-7H2,1-2H3,(H,27,30)(H,29,32)/t11-,14+/m1/s1. The van der Waals surface area contributed by atoms with Crippen LogP contribution in [-0.2, 0) is 6.18 Å². The first kappa shape index (κ1) is 23.8. The van der Waals surface area contributed by atoms with E-state index in [0.717, 1.165) is 37.2 Å². The van der Waals surface area contributed by atoms with E-state index in [1.807, 2.05) is 0 Å². The number of hydrogen-bond acceptors (Lipinski definition) is 9. The van der Waals surface area contributed by atoms with Crippen LogP contribution in [0.25, 0.3) is 0 Å². The maximum absolute atomic E-state index is 12.9. The van der Waals surface area contributed by atoms with Crippen LogP contribution < -0.4 is 20.7 Å². The molecule has 0 aromatic carbocycles. The van der Waals surface area contributed by atoms with Crippen molar-refractivity contribution in [3.05, 3.63) is 47.7 Å². The molecule has 0 bridgehead atoms. The van der Waals surface area contributed by atoms with E-state index >= 15 is 0 Å². The van der Waals surface area contributed by atoms with Crippen molar-refractivity contribution in [2.45, 2.75) is 32.5 Å². The highest BCUT2D eigenvalue weighted by molar-refractivity contribution is 7.10. The molecule has 1 fully saturated rings. The van der Waals surface area contributed by atoms with Crippen molar-refractivity contribution in [1.82, 2.24) is 24.6 Å². The molecule has 9 nitrogen and oxygen atoms in total. The summed E-state index contributed by atoms with van der Waals surface area (Å²) in [6.45, 7) is 5.56. The monoisotopic (exact) mass is 493 g/mol. The minimum atomic E-state index is -4.59. The molecule has 2 atom stereocenters. The van der Waals surface area contributed by atoms with Crippen LogP contribution in [0.5, 0.6) is 5.88 Å². The predicted molar refractivity (Wildman–Crippen MR) is 120 cm³/mol. The van der Waals surface area contributed by atoms with Gasteiger partial charge in [0.05, 0.1) is 35.5 Å². The summed E-state index contributed by atoms with van der Waals surface area (Å²) >= 11 is 0.989. The normalized spacial score (nSPS) is 18.4. The number of hydrogen-bond donors (Lipinski definition) is 3. The molecule has 1 amide bonds. The molecule has 1 aliphatic heterocycles. The number of amides is 1. The third kappa shape index (κ3) is 5.59. The Morgan fingerprint density at radius 1 is 1.21 bits per heavy atom. The Kier molecular flexibility index (Phi) is 6.93. The number of rotatable bonds is 6. The Hall–Kier alpha value is -3.32. The molecule has 13 heteroatoms. The fourth-order valence-corrected chi connectivity index (χ4v) is 4.22. The molecule has 4 rings (SSSR count). The first-order valence-corrected chi connectivity index (χ1v) is 11.3. The zero-order valence-corrected chi connectivity index (χ0v) is 19.1. The molecule has 0 spiro atoms. The van der Waals surface area contributed by atoms with Crippen molar-refractivity contribution < 1.29 is 22.7 Å². The van der Waals surface area contributed by atoms with Gasteiger partial charge in [-0.25, -0.2) is 15.0 Å². The van der Waals surface area contributed by atoms with Crippen LogP contribution >= 0.6 is 11.5 Å². The Balaban J connectivity index is 1.42. The molecule has 3 N–H and O–H groups in total. The molecule has 1 saturated heterocycles. The fourth-order valence-electron chi connectivity index (χ4n) is 3.42. The number of piperidine rings is 1. The second-order valence-corrected chi connectivity index (χ2v) is 8.62. The van der Waals surface area contributed by atoms with Gasteiger partial charge < -0.3 is 20.7 Å². The van der Waals surface area contributed by atoms with Crippen LogP contribution in [0.4, 0.5) is 29.7 Å². The number of aromatic nitrogens is 4. The van der Waals surface area contributed by atoms with Crippen molar-refractivity contribution in [2.75, 3.05) is 23.7 Å².